The second-order valence-electron chi connectivity index (χ2n) is 8.51. The zero-order chi connectivity index (χ0) is 26.8. The molecule has 1 fully saturated rings. The summed E-state index contributed by atoms with van der Waals surface area (Å²) in [5, 5.41) is 1.46. The molecule has 2 aliphatic carbocycles. The van der Waals surface area contributed by atoms with Gasteiger partial charge in [-0.25, -0.2) is 0 Å². The maximum Gasteiger partial charge on any atom is 0.373 e. The normalized spacial score (nSPS) is 13.2. The van der Waals surface area contributed by atoms with Gasteiger partial charge in [-0.3, -0.25) is 10.6 Å². The number of anilines is 1. The fraction of sp³-hybridized carbons (Fsp3) is 0.393. The number of nitrogen functional groups attached to an aromatic ring is 1. The Morgan fingerprint density at radius 2 is 1.31 bits per heavy atom. The third-order valence-corrected chi connectivity index (χ3v) is 6.05. The molecule has 8 heteroatoms. The van der Waals surface area contributed by atoms with E-state index in [1.54, 1.807) is 5.56 Å². The van der Waals surface area contributed by atoms with Crippen molar-refractivity contribution in [2.45, 2.75) is 71.6 Å². The van der Waals surface area contributed by atoms with E-state index in [4.69, 9.17) is 25.0 Å². The maximum atomic E-state index is 10.5. The first-order valence-corrected chi connectivity index (χ1v) is 12.0. The predicted molar refractivity (Wildman–Crippen MR) is 137 cm³/mol. The van der Waals surface area contributed by atoms with Crippen molar-refractivity contribution in [1.82, 2.24) is 4.98 Å². The molecule has 0 radical (unpaired) electrons. The first-order valence-electron chi connectivity index (χ1n) is 12.0. The Balaban J connectivity index is 0.000000256. The molecule has 0 spiro atoms. The summed E-state index contributed by atoms with van der Waals surface area (Å²) < 4.78 is 0. The van der Waals surface area contributed by atoms with Crippen molar-refractivity contribution >= 4 is 34.7 Å². The SMILES string of the molecule is Cc1cccc2c3c([nH]c12)CCCC3.Cc1ccccc1NN.O=C1CCCCC1.O=C=O.O=C=O. The van der Waals surface area contributed by atoms with Gasteiger partial charge in [-0.05, 0) is 75.1 Å². The number of aromatic nitrogens is 1. The van der Waals surface area contributed by atoms with E-state index < -0.39 is 0 Å². The van der Waals surface area contributed by atoms with Gasteiger partial charge in [-0.15, -0.1) is 0 Å². The van der Waals surface area contributed by atoms with E-state index in [0.717, 1.165) is 31.4 Å². The van der Waals surface area contributed by atoms with Crippen LogP contribution >= 0.6 is 0 Å². The number of rotatable bonds is 1. The average Bonchev–Trinajstić information content (AvgIpc) is 3.27. The first-order chi connectivity index (χ1) is 17.4. The number of ketones is 1. The third-order valence-electron chi connectivity index (χ3n) is 6.05. The lowest BCUT2D eigenvalue weighted by Gasteiger charge is -2.10. The van der Waals surface area contributed by atoms with Gasteiger partial charge in [0, 0.05) is 29.4 Å². The van der Waals surface area contributed by atoms with Crippen molar-refractivity contribution in [2.24, 2.45) is 5.84 Å². The van der Waals surface area contributed by atoms with Crippen molar-refractivity contribution in [1.29, 1.82) is 0 Å². The van der Waals surface area contributed by atoms with Crippen molar-refractivity contribution in [2.75, 3.05) is 5.43 Å². The quantitative estimate of drug-likeness (QED) is 0.320. The van der Waals surface area contributed by atoms with Crippen molar-refractivity contribution < 1.29 is 24.0 Å². The smallest absolute Gasteiger partial charge is 0.358 e. The van der Waals surface area contributed by atoms with Crippen LogP contribution in [0.3, 0.4) is 0 Å². The van der Waals surface area contributed by atoms with Crippen LogP contribution in [0.2, 0.25) is 0 Å². The topological polar surface area (TPSA) is 139 Å². The van der Waals surface area contributed by atoms with Crippen LogP contribution in [0.15, 0.2) is 42.5 Å². The number of H-pyrrole nitrogens is 1. The van der Waals surface area contributed by atoms with Gasteiger partial charge in [-0.1, -0.05) is 42.8 Å². The van der Waals surface area contributed by atoms with E-state index in [2.05, 4.69) is 35.5 Å². The van der Waals surface area contributed by atoms with Crippen LogP contribution < -0.4 is 11.3 Å². The lowest BCUT2D eigenvalue weighted by Crippen LogP contribution is -2.07. The van der Waals surface area contributed by atoms with Crippen LogP contribution in [0.1, 0.15) is 67.3 Å². The standard InChI is InChI=1S/C13H15N.C7H10N2.C6H10O.2CO2/c1-9-5-4-7-11-10-6-2-3-8-12(10)14-13(9)11;1-6-4-2-3-5-7(6)9-8;7-6-4-2-1-3-5-6;2*2-1-3/h4-5,7,14H,2-3,6,8H2,1H3;2-5,9H,8H2,1H3;1-5H2;;. The highest BCUT2D eigenvalue weighted by atomic mass is 16.2. The summed E-state index contributed by atoms with van der Waals surface area (Å²) in [4.78, 5) is 46.5. The number of Topliss-reactive ketones (excluding diaryl/α,β-unsaturated/α-hetero) is 1. The average molecular weight is 494 g/mol. The van der Waals surface area contributed by atoms with Crippen LogP contribution in [0.4, 0.5) is 5.69 Å². The molecular weight excluding hydrogens is 458 g/mol. The molecule has 1 heterocycles. The summed E-state index contributed by atoms with van der Waals surface area (Å²) in [7, 11) is 0. The number of carbonyl (C=O) groups is 1. The number of aromatic amines is 1. The van der Waals surface area contributed by atoms with Crippen LogP contribution in [0.5, 0.6) is 0 Å². The van der Waals surface area contributed by atoms with Crippen LogP contribution in [0, 0.1) is 13.8 Å². The molecule has 2 aromatic carbocycles. The van der Waals surface area contributed by atoms with Crippen molar-refractivity contribution in [3.8, 4) is 0 Å². The van der Waals surface area contributed by atoms with E-state index >= 15 is 0 Å². The zero-order valence-electron chi connectivity index (χ0n) is 21.0. The fourth-order valence-corrected chi connectivity index (χ4v) is 4.26. The van der Waals surface area contributed by atoms with Gasteiger partial charge in [0.15, 0.2) is 0 Å². The van der Waals surface area contributed by atoms with Crippen LogP contribution in [-0.4, -0.2) is 23.1 Å². The molecule has 0 atom stereocenters. The monoisotopic (exact) mass is 493 g/mol. The van der Waals surface area contributed by atoms with E-state index in [0.29, 0.717) is 5.78 Å². The Kier molecular flexibility index (Phi) is 14.8. The summed E-state index contributed by atoms with van der Waals surface area (Å²) in [6.45, 7) is 4.19. The Bertz CT molecular complexity index is 1140. The zero-order valence-corrected chi connectivity index (χ0v) is 21.0. The highest BCUT2D eigenvalue weighted by Gasteiger charge is 2.15. The van der Waals surface area contributed by atoms with Gasteiger partial charge in [0.05, 0.1) is 5.69 Å². The maximum absolute atomic E-state index is 10.5. The molecule has 0 saturated heterocycles. The largest absolute Gasteiger partial charge is 0.373 e. The van der Waals surface area contributed by atoms with E-state index in [-0.39, 0.29) is 12.3 Å². The molecule has 1 saturated carbocycles. The highest BCUT2D eigenvalue weighted by Crippen LogP contribution is 2.30. The minimum absolute atomic E-state index is 0.250. The molecule has 0 amide bonds. The fourth-order valence-electron chi connectivity index (χ4n) is 4.26. The second-order valence-corrected chi connectivity index (χ2v) is 8.51. The first kappa shape index (κ1) is 30.2. The summed E-state index contributed by atoms with van der Waals surface area (Å²) in [5.74, 6) is 5.66. The highest BCUT2D eigenvalue weighted by molar-refractivity contribution is 5.87. The number of nitrogens with two attached hydrogens (primary N) is 1. The van der Waals surface area contributed by atoms with E-state index in [1.165, 1.54) is 59.8 Å². The van der Waals surface area contributed by atoms with E-state index in [1.807, 2.05) is 31.2 Å². The molecule has 8 nitrogen and oxygen atoms in total. The number of benzene rings is 2. The summed E-state index contributed by atoms with van der Waals surface area (Å²) >= 11 is 0. The molecule has 0 bridgehead atoms. The van der Waals surface area contributed by atoms with Crippen molar-refractivity contribution in [3.63, 3.8) is 0 Å². The lowest BCUT2D eigenvalue weighted by atomic mass is 9.95. The number of hydrazine groups is 1. The molecule has 36 heavy (non-hydrogen) atoms. The van der Waals surface area contributed by atoms with Crippen LogP contribution in [0.25, 0.3) is 10.9 Å². The molecule has 3 aromatic rings. The summed E-state index contributed by atoms with van der Waals surface area (Å²) in [5.41, 5.74) is 10.5. The Morgan fingerprint density at radius 3 is 1.83 bits per heavy atom. The molecule has 0 unspecified atom stereocenters. The van der Waals surface area contributed by atoms with Gasteiger partial charge >= 0.3 is 12.3 Å². The van der Waals surface area contributed by atoms with Gasteiger partial charge < -0.3 is 10.4 Å². The number of hydrogen-bond acceptors (Lipinski definition) is 7. The Morgan fingerprint density at radius 1 is 0.750 bits per heavy atom. The molecule has 192 valence electrons. The van der Waals surface area contributed by atoms with Gasteiger partial charge in [0.25, 0.3) is 0 Å². The molecule has 2 aliphatic rings. The second kappa shape index (κ2) is 17.6. The number of aryl methyl sites for hydroxylation is 4. The summed E-state index contributed by atoms with van der Waals surface area (Å²) in [6.07, 6.45) is 10.9. The number of fused-ring (bicyclic) bond motifs is 3. The number of carbonyl (C=O) groups excluding carboxylic acids is 5. The Labute approximate surface area is 211 Å². The molecule has 0 aliphatic heterocycles. The minimum atomic E-state index is 0.250. The van der Waals surface area contributed by atoms with Gasteiger partial charge in [-0.2, -0.15) is 19.2 Å². The molecule has 5 rings (SSSR count). The van der Waals surface area contributed by atoms with Gasteiger partial charge in [0.2, 0.25) is 0 Å². The number of hydrogen-bond donors (Lipinski definition) is 3. The molecule has 1 aromatic heterocycles. The number of nitrogens with one attached hydrogen (secondary N) is 2. The van der Waals surface area contributed by atoms with E-state index in [9.17, 15) is 4.79 Å². The summed E-state index contributed by atoms with van der Waals surface area (Å²) in [6, 6.07) is 14.5. The molecule has 4 N–H and O–H groups in total. The van der Waals surface area contributed by atoms with Gasteiger partial charge in [0.1, 0.15) is 5.78 Å². The Hall–Kier alpha value is -3.83. The number of para-hydroxylation sites is 2. The lowest BCUT2D eigenvalue weighted by molar-refractivity contribution is -0.193. The van der Waals surface area contributed by atoms with Crippen molar-refractivity contribution in [3.05, 3.63) is 64.8 Å². The predicted octanol–water partition coefficient (Wildman–Crippen LogP) is 4.99. The minimum Gasteiger partial charge on any atom is -0.358 e. The van der Waals surface area contributed by atoms with Crippen LogP contribution in [-0.2, 0) is 36.8 Å². The molecular formula is C28H35N3O5. The third kappa shape index (κ3) is 10.2.